The molecule has 1 saturated heterocycles. The number of nitrogens with one attached hydrogen (secondary N) is 2. The number of fused-ring (bicyclic) bond motifs is 1. The third-order valence-electron chi connectivity index (χ3n) is 5.32. The molecule has 2 N–H and O–H groups in total. The van der Waals surface area contributed by atoms with Gasteiger partial charge < -0.3 is 19.9 Å². The van der Waals surface area contributed by atoms with Crippen LogP contribution in [0.3, 0.4) is 0 Å². The Kier molecular flexibility index (Phi) is 5.29. The first kappa shape index (κ1) is 18.8. The van der Waals surface area contributed by atoms with E-state index in [1.165, 1.54) is 11.1 Å². The number of aromatic nitrogens is 1. The van der Waals surface area contributed by atoms with Crippen LogP contribution < -0.4 is 15.8 Å². The molecular weight excluding hydrogens is 374 g/mol. The molecule has 0 saturated carbocycles. The van der Waals surface area contributed by atoms with E-state index in [2.05, 4.69) is 28.2 Å². The predicted octanol–water partition coefficient (Wildman–Crippen LogP) is 4.25. The Bertz CT molecular complexity index is 1070. The van der Waals surface area contributed by atoms with E-state index in [1.54, 1.807) is 0 Å². The molecular formula is C22H24ClN3O2. The lowest BCUT2D eigenvalue weighted by atomic mass is 10.0. The molecule has 0 radical (unpaired) electrons. The summed E-state index contributed by atoms with van der Waals surface area (Å²) >= 11 is 6.50. The van der Waals surface area contributed by atoms with E-state index in [4.69, 9.17) is 16.3 Å². The van der Waals surface area contributed by atoms with Gasteiger partial charge in [-0.2, -0.15) is 0 Å². The van der Waals surface area contributed by atoms with Crippen molar-refractivity contribution in [2.24, 2.45) is 0 Å². The number of ether oxygens (including phenoxy) is 1. The third kappa shape index (κ3) is 3.86. The Morgan fingerprint density at radius 3 is 2.61 bits per heavy atom. The Morgan fingerprint density at radius 2 is 1.86 bits per heavy atom. The van der Waals surface area contributed by atoms with E-state index in [9.17, 15) is 4.79 Å². The zero-order valence-electron chi connectivity index (χ0n) is 16.1. The number of nitrogens with zero attached hydrogens (tertiary/aromatic N) is 1. The molecule has 1 aliphatic rings. The highest BCUT2D eigenvalue weighted by atomic mass is 35.5. The predicted molar refractivity (Wildman–Crippen MR) is 116 cm³/mol. The van der Waals surface area contributed by atoms with Gasteiger partial charge in [0.1, 0.15) is 0 Å². The summed E-state index contributed by atoms with van der Waals surface area (Å²) in [6.45, 7) is 7.70. The molecule has 1 aliphatic heterocycles. The summed E-state index contributed by atoms with van der Waals surface area (Å²) in [6, 6.07) is 12.0. The fraction of sp³-hybridized carbons (Fsp3) is 0.318. The number of benzene rings is 2. The summed E-state index contributed by atoms with van der Waals surface area (Å²) in [5.74, 6) is 0. The molecule has 3 aromatic rings. The van der Waals surface area contributed by atoms with Crippen LogP contribution in [0, 0.1) is 13.8 Å². The molecule has 1 fully saturated rings. The molecule has 0 unspecified atom stereocenters. The van der Waals surface area contributed by atoms with E-state index in [1.807, 2.05) is 37.3 Å². The van der Waals surface area contributed by atoms with Crippen LogP contribution >= 0.6 is 11.6 Å². The number of anilines is 2. The molecule has 0 bridgehead atoms. The van der Waals surface area contributed by atoms with Gasteiger partial charge >= 0.3 is 0 Å². The van der Waals surface area contributed by atoms with Crippen LogP contribution in [0.25, 0.3) is 10.9 Å². The minimum Gasteiger partial charge on any atom is -0.381 e. The Hall–Kier alpha value is -2.50. The van der Waals surface area contributed by atoms with Crippen molar-refractivity contribution >= 4 is 33.9 Å². The monoisotopic (exact) mass is 397 g/mol. The van der Waals surface area contributed by atoms with Gasteiger partial charge in [-0.3, -0.25) is 4.79 Å². The van der Waals surface area contributed by atoms with Gasteiger partial charge in [0.25, 0.3) is 5.56 Å². The molecule has 2 aromatic carbocycles. The number of H-pyrrole nitrogens is 1. The molecule has 5 nitrogen and oxygen atoms in total. The smallest absolute Gasteiger partial charge is 0.253 e. The Morgan fingerprint density at radius 1 is 1.11 bits per heavy atom. The first-order valence-corrected chi connectivity index (χ1v) is 9.88. The molecule has 2 heterocycles. The summed E-state index contributed by atoms with van der Waals surface area (Å²) in [5.41, 5.74) is 5.79. The van der Waals surface area contributed by atoms with Crippen molar-refractivity contribution in [3.8, 4) is 0 Å². The van der Waals surface area contributed by atoms with Crippen molar-refractivity contribution in [1.29, 1.82) is 0 Å². The van der Waals surface area contributed by atoms with Crippen molar-refractivity contribution in [3.05, 3.63) is 68.5 Å². The number of pyridine rings is 1. The van der Waals surface area contributed by atoms with Crippen LogP contribution in [0.15, 0.2) is 41.2 Å². The maximum atomic E-state index is 12.4. The second-order valence-electron chi connectivity index (χ2n) is 7.27. The second kappa shape index (κ2) is 7.86. The fourth-order valence-electron chi connectivity index (χ4n) is 3.53. The normalized spacial score (nSPS) is 14.5. The molecule has 6 heteroatoms. The van der Waals surface area contributed by atoms with E-state index in [-0.39, 0.29) is 5.56 Å². The molecule has 0 amide bonds. The van der Waals surface area contributed by atoms with Gasteiger partial charge in [-0.15, -0.1) is 0 Å². The number of morpholine rings is 1. The largest absolute Gasteiger partial charge is 0.381 e. The molecule has 1 aromatic heterocycles. The molecule has 146 valence electrons. The molecule has 28 heavy (non-hydrogen) atoms. The van der Waals surface area contributed by atoms with Gasteiger partial charge in [0, 0.05) is 36.4 Å². The van der Waals surface area contributed by atoms with Crippen LogP contribution in [0.5, 0.6) is 0 Å². The first-order valence-electron chi connectivity index (χ1n) is 9.50. The zero-order chi connectivity index (χ0) is 19.7. The average molecular weight is 398 g/mol. The number of hydrogen-bond donors (Lipinski definition) is 2. The van der Waals surface area contributed by atoms with Crippen molar-refractivity contribution in [1.82, 2.24) is 4.98 Å². The van der Waals surface area contributed by atoms with Crippen LogP contribution in [-0.2, 0) is 11.3 Å². The van der Waals surface area contributed by atoms with Gasteiger partial charge in [0.15, 0.2) is 0 Å². The summed E-state index contributed by atoms with van der Waals surface area (Å²) in [6.07, 6.45) is 0. The maximum Gasteiger partial charge on any atom is 0.253 e. The standard InChI is InChI=1S/C22H24ClN3O2/c1-14-9-16-11-17(22(27)25-20(16)10-15(14)2)13-24-18-3-4-21(19(23)12-18)26-5-7-28-8-6-26/h3-4,9-12,24H,5-8,13H2,1-2H3,(H,25,27). The number of hydrogen-bond acceptors (Lipinski definition) is 4. The van der Waals surface area contributed by atoms with Crippen molar-refractivity contribution in [2.45, 2.75) is 20.4 Å². The molecule has 0 aliphatic carbocycles. The highest BCUT2D eigenvalue weighted by molar-refractivity contribution is 6.33. The SMILES string of the molecule is Cc1cc2cc(CNc3ccc(N4CCOCC4)c(Cl)c3)c(=O)[nH]c2cc1C. The van der Waals surface area contributed by atoms with E-state index in [0.29, 0.717) is 17.1 Å². The minimum atomic E-state index is -0.0701. The Balaban J connectivity index is 1.52. The van der Waals surface area contributed by atoms with Gasteiger partial charge in [-0.1, -0.05) is 11.6 Å². The highest BCUT2D eigenvalue weighted by Gasteiger charge is 2.14. The second-order valence-corrected chi connectivity index (χ2v) is 7.67. The van der Waals surface area contributed by atoms with E-state index in [0.717, 1.165) is 48.6 Å². The van der Waals surface area contributed by atoms with Crippen molar-refractivity contribution in [3.63, 3.8) is 0 Å². The van der Waals surface area contributed by atoms with Crippen LogP contribution in [0.1, 0.15) is 16.7 Å². The number of aromatic amines is 1. The molecule has 0 spiro atoms. The lowest BCUT2D eigenvalue weighted by Gasteiger charge is -2.29. The number of rotatable bonds is 4. The number of halogens is 1. The first-order chi connectivity index (χ1) is 13.5. The summed E-state index contributed by atoms with van der Waals surface area (Å²) in [7, 11) is 0. The Labute approximate surface area is 169 Å². The third-order valence-corrected chi connectivity index (χ3v) is 5.62. The summed E-state index contributed by atoms with van der Waals surface area (Å²) in [5, 5.41) is 5.06. The van der Waals surface area contributed by atoms with E-state index >= 15 is 0 Å². The highest BCUT2D eigenvalue weighted by Crippen LogP contribution is 2.29. The van der Waals surface area contributed by atoms with Crippen molar-refractivity contribution in [2.75, 3.05) is 36.5 Å². The van der Waals surface area contributed by atoms with Crippen LogP contribution in [0.4, 0.5) is 11.4 Å². The van der Waals surface area contributed by atoms with Crippen LogP contribution in [-0.4, -0.2) is 31.3 Å². The maximum absolute atomic E-state index is 12.4. The number of aryl methyl sites for hydroxylation is 2. The lowest BCUT2D eigenvalue weighted by molar-refractivity contribution is 0.122. The summed E-state index contributed by atoms with van der Waals surface area (Å²) in [4.78, 5) is 17.7. The quantitative estimate of drug-likeness (QED) is 0.691. The zero-order valence-corrected chi connectivity index (χ0v) is 16.9. The fourth-order valence-corrected chi connectivity index (χ4v) is 3.83. The van der Waals surface area contributed by atoms with Gasteiger partial charge in [0.05, 0.1) is 23.9 Å². The average Bonchev–Trinajstić information content (AvgIpc) is 2.68. The molecule has 0 atom stereocenters. The van der Waals surface area contributed by atoms with Gasteiger partial charge in [0.2, 0.25) is 0 Å². The topological polar surface area (TPSA) is 57.4 Å². The molecule has 4 rings (SSSR count). The van der Waals surface area contributed by atoms with E-state index < -0.39 is 0 Å². The lowest BCUT2D eigenvalue weighted by Crippen LogP contribution is -2.36. The van der Waals surface area contributed by atoms with Crippen molar-refractivity contribution < 1.29 is 4.74 Å². The van der Waals surface area contributed by atoms with Gasteiger partial charge in [-0.25, -0.2) is 0 Å². The summed E-state index contributed by atoms with van der Waals surface area (Å²) < 4.78 is 5.40. The van der Waals surface area contributed by atoms with Gasteiger partial charge in [-0.05, 0) is 66.8 Å². The van der Waals surface area contributed by atoms with Crippen LogP contribution in [0.2, 0.25) is 5.02 Å². The minimum absolute atomic E-state index is 0.0701.